The molecule has 0 aliphatic rings. The Morgan fingerprint density at radius 3 is 2.80 bits per heavy atom. The zero-order valence-electron chi connectivity index (χ0n) is 16.7. The van der Waals surface area contributed by atoms with E-state index in [2.05, 4.69) is 48.0 Å². The van der Waals surface area contributed by atoms with Crippen molar-refractivity contribution in [3.63, 3.8) is 0 Å². The molecule has 0 bridgehead atoms. The second-order valence-corrected chi connectivity index (χ2v) is 6.66. The van der Waals surface area contributed by atoms with Gasteiger partial charge in [-0.25, -0.2) is 4.98 Å². The molecule has 3 heterocycles. The van der Waals surface area contributed by atoms with Crippen LogP contribution in [-0.4, -0.2) is 44.5 Å². The molecule has 3 aromatic heterocycles. The Kier molecular flexibility index (Phi) is 6.19. The maximum atomic E-state index is 5.31. The minimum absolute atomic E-state index is 0.561. The maximum absolute atomic E-state index is 5.31. The zero-order valence-corrected chi connectivity index (χ0v) is 16.7. The molecule has 0 aliphatic heterocycles. The summed E-state index contributed by atoms with van der Waals surface area (Å²) >= 11 is 0. The van der Waals surface area contributed by atoms with Gasteiger partial charge in [0, 0.05) is 39.0 Å². The molecule has 4 rings (SSSR count). The van der Waals surface area contributed by atoms with Crippen LogP contribution >= 0.6 is 0 Å². The van der Waals surface area contributed by atoms with Gasteiger partial charge >= 0.3 is 0 Å². The minimum atomic E-state index is 0.561. The molecule has 0 unspecified atom stereocenters. The standard InChI is InChI=1S/C21H24N8O/c1-22-21(23-11-9-19-26-20(28-27-19)18-8-4-13-30-18)24-14-16-6-2-3-7-17(16)15-29-12-5-10-25-29/h2-8,10,12-13H,9,11,14-15H2,1H3,(H2,22,23,24)(H,26,27,28). The average Bonchev–Trinajstić information content (AvgIpc) is 3.54. The number of H-pyrrole nitrogens is 1. The molecule has 0 spiro atoms. The van der Waals surface area contributed by atoms with Crippen LogP contribution in [0.4, 0.5) is 0 Å². The number of benzene rings is 1. The molecule has 0 fully saturated rings. The first kappa shape index (κ1) is 19.4. The third-order valence-corrected chi connectivity index (χ3v) is 4.61. The Hall–Kier alpha value is -3.88. The molecule has 0 amide bonds. The van der Waals surface area contributed by atoms with Crippen LogP contribution in [0.1, 0.15) is 17.0 Å². The van der Waals surface area contributed by atoms with Crippen LogP contribution in [0.3, 0.4) is 0 Å². The molecule has 0 aliphatic carbocycles. The Morgan fingerprint density at radius 2 is 2.03 bits per heavy atom. The first-order valence-corrected chi connectivity index (χ1v) is 9.75. The average molecular weight is 404 g/mol. The number of rotatable bonds is 8. The summed E-state index contributed by atoms with van der Waals surface area (Å²) in [5, 5.41) is 18.1. The number of aromatic amines is 1. The Labute approximate surface area is 174 Å². The van der Waals surface area contributed by atoms with E-state index in [0.29, 0.717) is 31.1 Å². The molecule has 4 aromatic rings. The smallest absolute Gasteiger partial charge is 0.216 e. The molecule has 1 aromatic carbocycles. The van der Waals surface area contributed by atoms with Crippen LogP contribution in [0.15, 0.2) is 70.5 Å². The number of guanidine groups is 1. The van der Waals surface area contributed by atoms with Crippen molar-refractivity contribution in [2.24, 2.45) is 4.99 Å². The van der Waals surface area contributed by atoms with Gasteiger partial charge in [0.25, 0.3) is 0 Å². The third-order valence-electron chi connectivity index (χ3n) is 4.61. The molecular weight excluding hydrogens is 380 g/mol. The van der Waals surface area contributed by atoms with Crippen molar-refractivity contribution >= 4 is 5.96 Å². The lowest BCUT2D eigenvalue weighted by Crippen LogP contribution is -2.38. The van der Waals surface area contributed by atoms with Crippen LogP contribution in [0.5, 0.6) is 0 Å². The van der Waals surface area contributed by atoms with Gasteiger partial charge in [-0.1, -0.05) is 24.3 Å². The topological polar surface area (TPSA) is 109 Å². The van der Waals surface area contributed by atoms with Crippen molar-refractivity contribution in [1.82, 2.24) is 35.6 Å². The van der Waals surface area contributed by atoms with Gasteiger partial charge in [0.2, 0.25) is 5.82 Å². The Morgan fingerprint density at radius 1 is 1.13 bits per heavy atom. The van der Waals surface area contributed by atoms with Gasteiger partial charge in [-0.2, -0.15) is 10.2 Å². The number of hydrogen-bond donors (Lipinski definition) is 3. The summed E-state index contributed by atoms with van der Waals surface area (Å²) in [6.07, 6.45) is 6.05. The van der Waals surface area contributed by atoms with Gasteiger partial charge in [-0.05, 0) is 29.3 Å². The lowest BCUT2D eigenvalue weighted by atomic mass is 10.1. The van der Waals surface area contributed by atoms with Gasteiger partial charge in [0.15, 0.2) is 11.7 Å². The number of nitrogens with one attached hydrogen (secondary N) is 3. The first-order chi connectivity index (χ1) is 14.8. The van der Waals surface area contributed by atoms with Gasteiger partial charge in [-0.15, -0.1) is 0 Å². The van der Waals surface area contributed by atoms with Crippen LogP contribution < -0.4 is 10.6 Å². The van der Waals surface area contributed by atoms with E-state index < -0.39 is 0 Å². The number of nitrogens with zero attached hydrogens (tertiary/aromatic N) is 5. The summed E-state index contributed by atoms with van der Waals surface area (Å²) in [7, 11) is 1.76. The van der Waals surface area contributed by atoms with E-state index in [0.717, 1.165) is 18.3 Å². The third kappa shape index (κ3) is 4.93. The van der Waals surface area contributed by atoms with E-state index in [1.807, 2.05) is 41.2 Å². The molecule has 9 nitrogen and oxygen atoms in total. The van der Waals surface area contributed by atoms with E-state index in [1.165, 1.54) is 11.1 Å². The Balaban J connectivity index is 1.28. The SMILES string of the molecule is CN=C(NCCc1nc(-c2ccco2)n[nH]1)NCc1ccccc1Cn1cccn1. The molecule has 0 atom stereocenters. The number of aromatic nitrogens is 5. The number of aliphatic imine (C=N–C) groups is 1. The van der Waals surface area contributed by atoms with E-state index in [9.17, 15) is 0 Å². The predicted octanol–water partition coefficient (Wildman–Crippen LogP) is 2.22. The molecule has 0 saturated heterocycles. The highest BCUT2D eigenvalue weighted by atomic mass is 16.3. The Bertz CT molecular complexity index is 1070. The van der Waals surface area contributed by atoms with Gasteiger partial charge < -0.3 is 15.1 Å². The fraction of sp³-hybridized carbons (Fsp3) is 0.238. The lowest BCUT2D eigenvalue weighted by Gasteiger charge is -2.14. The minimum Gasteiger partial charge on any atom is -0.461 e. The summed E-state index contributed by atoms with van der Waals surface area (Å²) in [5.41, 5.74) is 2.42. The lowest BCUT2D eigenvalue weighted by molar-refractivity contribution is 0.577. The number of furan rings is 1. The molecule has 3 N–H and O–H groups in total. The molecule has 0 radical (unpaired) electrons. The van der Waals surface area contributed by atoms with E-state index in [4.69, 9.17) is 4.42 Å². The van der Waals surface area contributed by atoms with Crippen LogP contribution in [-0.2, 0) is 19.5 Å². The van der Waals surface area contributed by atoms with Crippen molar-refractivity contribution in [2.45, 2.75) is 19.5 Å². The largest absolute Gasteiger partial charge is 0.461 e. The van der Waals surface area contributed by atoms with Crippen LogP contribution in [0.25, 0.3) is 11.6 Å². The normalized spacial score (nSPS) is 11.6. The zero-order chi connectivity index (χ0) is 20.6. The highest BCUT2D eigenvalue weighted by molar-refractivity contribution is 5.79. The summed E-state index contributed by atoms with van der Waals surface area (Å²) < 4.78 is 7.23. The van der Waals surface area contributed by atoms with E-state index in [1.54, 1.807) is 19.5 Å². The fourth-order valence-electron chi connectivity index (χ4n) is 3.07. The molecule has 30 heavy (non-hydrogen) atoms. The summed E-state index contributed by atoms with van der Waals surface area (Å²) in [6.45, 7) is 2.07. The monoisotopic (exact) mass is 404 g/mol. The molecule has 154 valence electrons. The maximum Gasteiger partial charge on any atom is 0.216 e. The van der Waals surface area contributed by atoms with Gasteiger partial charge in [0.05, 0.1) is 12.8 Å². The summed E-state index contributed by atoms with van der Waals surface area (Å²) in [5.74, 6) is 2.73. The molecule has 9 heteroatoms. The van der Waals surface area contributed by atoms with Gasteiger partial charge in [0.1, 0.15) is 5.82 Å². The van der Waals surface area contributed by atoms with E-state index in [-0.39, 0.29) is 0 Å². The molecule has 0 saturated carbocycles. The van der Waals surface area contributed by atoms with Crippen molar-refractivity contribution in [3.8, 4) is 11.6 Å². The van der Waals surface area contributed by atoms with E-state index >= 15 is 0 Å². The first-order valence-electron chi connectivity index (χ1n) is 9.75. The second kappa shape index (κ2) is 9.55. The van der Waals surface area contributed by atoms with Crippen LogP contribution in [0.2, 0.25) is 0 Å². The summed E-state index contributed by atoms with van der Waals surface area (Å²) in [6, 6.07) is 13.9. The second-order valence-electron chi connectivity index (χ2n) is 6.66. The quantitative estimate of drug-likeness (QED) is 0.307. The predicted molar refractivity (Wildman–Crippen MR) is 114 cm³/mol. The molecular formula is C21H24N8O. The number of hydrogen-bond acceptors (Lipinski definition) is 5. The fourth-order valence-corrected chi connectivity index (χ4v) is 3.07. The van der Waals surface area contributed by atoms with Gasteiger partial charge in [-0.3, -0.25) is 14.8 Å². The summed E-state index contributed by atoms with van der Waals surface area (Å²) in [4.78, 5) is 8.75. The van der Waals surface area contributed by atoms with Crippen molar-refractivity contribution in [1.29, 1.82) is 0 Å². The highest BCUT2D eigenvalue weighted by Gasteiger charge is 2.09. The van der Waals surface area contributed by atoms with Crippen molar-refractivity contribution in [3.05, 3.63) is 78.1 Å². The highest BCUT2D eigenvalue weighted by Crippen LogP contribution is 2.14. The van der Waals surface area contributed by atoms with Crippen LogP contribution in [0, 0.1) is 0 Å². The van der Waals surface area contributed by atoms with Crippen molar-refractivity contribution in [2.75, 3.05) is 13.6 Å². The van der Waals surface area contributed by atoms with Crippen molar-refractivity contribution < 1.29 is 4.42 Å².